The van der Waals surface area contributed by atoms with Crippen LogP contribution < -0.4 is 5.56 Å². The lowest BCUT2D eigenvalue weighted by Crippen LogP contribution is -2.39. The Labute approximate surface area is 240 Å². The fourth-order valence-corrected chi connectivity index (χ4v) is 6.14. The van der Waals surface area contributed by atoms with Gasteiger partial charge in [0.05, 0.1) is 5.56 Å². The van der Waals surface area contributed by atoms with Crippen LogP contribution in [-0.4, -0.2) is 53.2 Å². The van der Waals surface area contributed by atoms with Gasteiger partial charge in [0.15, 0.2) is 5.84 Å². The largest absolute Gasteiger partial charge is 0.459 e. The molecule has 2 aliphatic rings. The van der Waals surface area contributed by atoms with E-state index in [0.29, 0.717) is 42.1 Å². The average Bonchev–Trinajstić information content (AvgIpc) is 3.61. The molecule has 1 aromatic carbocycles. The second-order valence-corrected chi connectivity index (χ2v) is 11.0. The minimum absolute atomic E-state index is 0.102. The molecule has 0 spiro atoms. The summed E-state index contributed by atoms with van der Waals surface area (Å²) in [6.45, 7) is 6.66. The van der Waals surface area contributed by atoms with E-state index in [4.69, 9.17) is 9.21 Å². The highest BCUT2D eigenvalue weighted by Crippen LogP contribution is 2.42. The molecule has 0 radical (unpaired) electrons. The smallest absolute Gasteiger partial charge is 0.337 e. The van der Waals surface area contributed by atoms with E-state index >= 15 is 4.39 Å². The van der Waals surface area contributed by atoms with Crippen molar-refractivity contribution in [3.8, 4) is 0 Å². The molecular weight excluding hydrogens is 562 g/mol. The lowest BCUT2D eigenvalue weighted by molar-refractivity contribution is -0.165. The summed E-state index contributed by atoms with van der Waals surface area (Å²) in [5.74, 6) is 1.90. The Kier molecular flexibility index (Phi) is 11.9. The fourth-order valence-electron chi connectivity index (χ4n) is 4.91. The van der Waals surface area contributed by atoms with Gasteiger partial charge in [-0.05, 0) is 67.9 Å². The molecular formula is C29H35F4N3O4S. The Morgan fingerprint density at radius 3 is 2.61 bits per heavy atom. The number of hydrogen-bond donors (Lipinski definition) is 1. The molecule has 0 aliphatic carbocycles. The number of alkyl halides is 3. The van der Waals surface area contributed by atoms with Gasteiger partial charge in [-0.1, -0.05) is 26.0 Å². The molecule has 2 aliphatic heterocycles. The van der Waals surface area contributed by atoms with E-state index in [2.05, 4.69) is 14.9 Å². The standard InChI is InChI=1S/C15H16F2N2O.C13H18FNOS.CHFO2/c1-10-13(11-6-2-3-7-12(11)20-10)18-15(14(16)17)19-8-4-5-9-19;1-3-10-6-11(12(16)15-7-10)13(14)4-5-17-8-9(13)2;2-4-1-3/h2-3,6-7,14H,4-5,8-9H2,1H3;6-7,9H,3-5,8H2,1-2H3,(H,15,16);1H/t;9-,13+;/m.0./s1. The highest BCUT2D eigenvalue weighted by molar-refractivity contribution is 7.99. The maximum Gasteiger partial charge on any atom is 0.337 e. The van der Waals surface area contributed by atoms with Gasteiger partial charge in [0.1, 0.15) is 22.7 Å². The molecule has 2 fully saturated rings. The van der Waals surface area contributed by atoms with Gasteiger partial charge in [-0.3, -0.25) is 14.5 Å². The van der Waals surface area contributed by atoms with E-state index in [0.717, 1.165) is 41.7 Å². The molecule has 0 saturated carbocycles. The number of aromatic amines is 1. The van der Waals surface area contributed by atoms with E-state index in [1.54, 1.807) is 35.8 Å². The Bertz CT molecular complexity index is 1370. The number of thioether (sulfide) groups is 1. The number of H-pyrrole nitrogens is 1. The van der Waals surface area contributed by atoms with E-state index in [1.807, 2.05) is 38.1 Å². The van der Waals surface area contributed by atoms with Gasteiger partial charge in [-0.25, -0.2) is 18.2 Å². The molecule has 7 nitrogen and oxygen atoms in total. The number of para-hydroxylation sites is 1. The number of likely N-dealkylation sites (tertiary alicyclic amines) is 1. The summed E-state index contributed by atoms with van der Waals surface area (Å²) in [6.07, 6.45) is 2.24. The first-order chi connectivity index (χ1) is 19.7. The van der Waals surface area contributed by atoms with Crippen LogP contribution in [0.4, 0.5) is 23.4 Å². The second-order valence-electron chi connectivity index (χ2n) is 9.85. The summed E-state index contributed by atoms with van der Waals surface area (Å²) in [7, 11) is 0. The lowest BCUT2D eigenvalue weighted by atomic mass is 9.82. The third-order valence-electron chi connectivity index (χ3n) is 7.20. The Hall–Kier alpha value is -3.28. The van der Waals surface area contributed by atoms with Crippen molar-refractivity contribution < 1.29 is 31.9 Å². The van der Waals surface area contributed by atoms with Gasteiger partial charge >= 0.3 is 6.47 Å². The van der Waals surface area contributed by atoms with Gasteiger partial charge in [0, 0.05) is 35.1 Å². The fraction of sp³-hybridized carbons (Fsp3) is 0.483. The summed E-state index contributed by atoms with van der Waals surface area (Å²) in [5.41, 5.74) is 0.779. The zero-order chi connectivity index (χ0) is 30.0. The molecule has 2 saturated heterocycles. The Balaban J connectivity index is 0.000000202. The number of aryl methyl sites for hydroxylation is 2. The van der Waals surface area contributed by atoms with Crippen LogP contribution in [0, 0.1) is 12.8 Å². The number of benzene rings is 1. The minimum atomic E-state index is -2.57. The molecule has 2 aromatic heterocycles. The molecule has 0 bridgehead atoms. The maximum absolute atomic E-state index is 15.0. The summed E-state index contributed by atoms with van der Waals surface area (Å²) in [4.78, 5) is 31.3. The number of aromatic nitrogens is 1. The summed E-state index contributed by atoms with van der Waals surface area (Å²) in [6, 6.07) is 9.11. The van der Waals surface area contributed by atoms with Crippen LogP contribution in [0.3, 0.4) is 0 Å². The van der Waals surface area contributed by atoms with Crippen LogP contribution in [0.1, 0.15) is 50.0 Å². The van der Waals surface area contributed by atoms with Crippen LogP contribution >= 0.6 is 11.8 Å². The van der Waals surface area contributed by atoms with Gasteiger partial charge in [-0.15, -0.1) is 0 Å². The zero-order valence-electron chi connectivity index (χ0n) is 23.3. The predicted molar refractivity (Wildman–Crippen MR) is 153 cm³/mol. The molecule has 12 heteroatoms. The molecule has 3 aromatic rings. The SMILES string of the molecule is CCc1c[nH]c(=O)c([C@@]2(F)CCSC[C@@H]2C)c1.Cc1oc2ccccc2c1N=C(C(F)F)N1CCCC1.O=COF. The van der Waals surface area contributed by atoms with E-state index in [9.17, 15) is 18.1 Å². The first kappa shape index (κ1) is 32.2. The number of hydrogen-bond acceptors (Lipinski definition) is 6. The van der Waals surface area contributed by atoms with Gasteiger partial charge < -0.3 is 14.3 Å². The normalized spacial score (nSPS) is 20.7. The van der Waals surface area contributed by atoms with E-state index in [1.165, 1.54) is 0 Å². The summed E-state index contributed by atoms with van der Waals surface area (Å²) >= 11 is 1.76. The molecule has 41 heavy (non-hydrogen) atoms. The third-order valence-corrected chi connectivity index (χ3v) is 8.43. The number of carbonyl (C=O) groups excluding carboxylic acids is 1. The number of halogens is 4. The molecule has 0 amide bonds. The predicted octanol–water partition coefficient (Wildman–Crippen LogP) is 7.05. The number of fused-ring (bicyclic) bond motifs is 1. The number of amidine groups is 1. The number of rotatable bonds is 5. The van der Waals surface area contributed by atoms with Crippen LogP contribution in [0.5, 0.6) is 0 Å². The number of furan rings is 1. The molecule has 224 valence electrons. The second kappa shape index (κ2) is 15.1. The molecule has 4 heterocycles. The van der Waals surface area contributed by atoms with Gasteiger partial charge in [-0.2, -0.15) is 11.8 Å². The number of nitrogens with zero attached hydrogens (tertiary/aromatic N) is 2. The van der Waals surface area contributed by atoms with Crippen molar-refractivity contribution in [3.63, 3.8) is 0 Å². The first-order valence-electron chi connectivity index (χ1n) is 13.5. The van der Waals surface area contributed by atoms with Crippen molar-refractivity contribution in [1.82, 2.24) is 9.88 Å². The third kappa shape index (κ3) is 7.93. The quantitative estimate of drug-likeness (QED) is 0.147. The highest BCUT2D eigenvalue weighted by Gasteiger charge is 2.42. The Morgan fingerprint density at radius 1 is 1.32 bits per heavy atom. The highest BCUT2D eigenvalue weighted by atomic mass is 32.2. The van der Waals surface area contributed by atoms with E-state index < -0.39 is 12.1 Å². The van der Waals surface area contributed by atoms with Crippen LogP contribution in [0.15, 0.2) is 50.7 Å². The molecule has 1 N–H and O–H groups in total. The average molecular weight is 598 g/mol. The van der Waals surface area contributed by atoms with Crippen molar-refractivity contribution in [2.45, 2.75) is 58.5 Å². The summed E-state index contributed by atoms with van der Waals surface area (Å²) < 4.78 is 57.0. The minimum Gasteiger partial charge on any atom is -0.459 e. The zero-order valence-corrected chi connectivity index (χ0v) is 24.1. The van der Waals surface area contributed by atoms with Gasteiger partial charge in [0.25, 0.3) is 12.0 Å². The lowest BCUT2D eigenvalue weighted by Gasteiger charge is -2.35. The number of pyridine rings is 1. The first-order valence-corrected chi connectivity index (χ1v) is 14.6. The van der Waals surface area contributed by atoms with Crippen molar-refractivity contribution >= 4 is 40.7 Å². The van der Waals surface area contributed by atoms with Crippen molar-refractivity contribution in [2.24, 2.45) is 10.9 Å². The summed E-state index contributed by atoms with van der Waals surface area (Å²) in [5, 5.41) is 0.780. The van der Waals surface area contributed by atoms with Crippen molar-refractivity contribution in [1.29, 1.82) is 0 Å². The van der Waals surface area contributed by atoms with Crippen molar-refractivity contribution in [3.05, 3.63) is 63.8 Å². The van der Waals surface area contributed by atoms with Crippen LogP contribution in [-0.2, 0) is 21.8 Å². The molecule has 2 atom stereocenters. The van der Waals surface area contributed by atoms with E-state index in [-0.39, 0.29) is 23.8 Å². The number of nitrogens with one attached hydrogen (secondary N) is 1. The van der Waals surface area contributed by atoms with Crippen LogP contribution in [0.2, 0.25) is 0 Å². The van der Waals surface area contributed by atoms with Crippen molar-refractivity contribution in [2.75, 3.05) is 24.6 Å². The topological polar surface area (TPSA) is 87.9 Å². The number of carbonyl (C=O) groups is 1. The monoisotopic (exact) mass is 597 g/mol. The molecule has 5 rings (SSSR count). The molecule has 0 unspecified atom stereocenters. The number of aliphatic imine (C=N–C) groups is 1. The maximum atomic E-state index is 15.0. The van der Waals surface area contributed by atoms with Gasteiger partial charge in [0.2, 0.25) is 0 Å². The van der Waals surface area contributed by atoms with Crippen LogP contribution in [0.25, 0.3) is 11.0 Å². The Morgan fingerprint density at radius 2 is 2.00 bits per heavy atom.